The third kappa shape index (κ3) is 4.12. The van der Waals surface area contributed by atoms with Crippen molar-refractivity contribution >= 4 is 5.69 Å². The van der Waals surface area contributed by atoms with Gasteiger partial charge in [-0.05, 0) is 57.4 Å². The second-order valence-electron chi connectivity index (χ2n) is 6.05. The van der Waals surface area contributed by atoms with Crippen LogP contribution in [0, 0.1) is 0 Å². The van der Waals surface area contributed by atoms with Gasteiger partial charge in [-0.3, -0.25) is 0 Å². The van der Waals surface area contributed by atoms with E-state index in [-0.39, 0.29) is 0 Å². The normalized spacial score (nSPS) is 28.1. The molecule has 2 rings (SSSR count). The Labute approximate surface area is 121 Å². The second kappa shape index (κ2) is 6.95. The molecule has 0 aliphatic carbocycles. The number of aliphatic hydroxyl groups excluding tert-OH is 1. The molecular weight excluding hydrogens is 252 g/mol. The summed E-state index contributed by atoms with van der Waals surface area (Å²) in [5.74, 6) is 0.757. The van der Waals surface area contributed by atoms with Crippen LogP contribution in [0.25, 0.3) is 0 Å². The summed E-state index contributed by atoms with van der Waals surface area (Å²) in [5, 5.41) is 10.2. The van der Waals surface area contributed by atoms with Gasteiger partial charge < -0.3 is 20.5 Å². The zero-order valence-corrected chi connectivity index (χ0v) is 12.5. The molecule has 3 unspecified atom stereocenters. The molecule has 1 saturated heterocycles. The van der Waals surface area contributed by atoms with Crippen molar-refractivity contribution < 1.29 is 14.7 Å². The Morgan fingerprint density at radius 3 is 2.45 bits per heavy atom. The molecule has 1 aliphatic heterocycles. The molecule has 4 heteroatoms. The maximum absolute atomic E-state index is 10.2. The van der Waals surface area contributed by atoms with Crippen molar-refractivity contribution in [3.63, 3.8) is 0 Å². The van der Waals surface area contributed by atoms with E-state index < -0.39 is 6.10 Å². The van der Waals surface area contributed by atoms with E-state index >= 15 is 0 Å². The van der Waals surface area contributed by atoms with Gasteiger partial charge in [0.2, 0.25) is 0 Å². The number of quaternary nitrogens is 1. The van der Waals surface area contributed by atoms with Gasteiger partial charge in [0.15, 0.2) is 0 Å². The van der Waals surface area contributed by atoms with E-state index in [0.717, 1.165) is 18.0 Å². The maximum atomic E-state index is 10.2. The topological polar surface area (TPSA) is 59.9 Å². The van der Waals surface area contributed by atoms with E-state index in [4.69, 9.17) is 10.5 Å². The molecule has 20 heavy (non-hydrogen) atoms. The van der Waals surface area contributed by atoms with Crippen LogP contribution in [-0.4, -0.2) is 36.4 Å². The number of benzene rings is 1. The van der Waals surface area contributed by atoms with Gasteiger partial charge in [-0.25, -0.2) is 0 Å². The highest BCUT2D eigenvalue weighted by molar-refractivity contribution is 5.41. The summed E-state index contributed by atoms with van der Waals surface area (Å²) in [5.41, 5.74) is 6.35. The van der Waals surface area contributed by atoms with Gasteiger partial charge in [-0.15, -0.1) is 0 Å². The number of nitrogens with one attached hydrogen (secondary N) is 1. The number of hydrogen-bond donors (Lipinski definition) is 3. The number of rotatable bonds is 5. The monoisotopic (exact) mass is 279 g/mol. The standard InChI is InChI=1S/C16H26N2O2/c1-12-4-3-5-13(2)18(12)10-15(19)11-20-16-8-6-14(17)7-9-16/h6-9,12-13,15,19H,3-5,10-11,17H2,1-2H3/p+1. The Bertz CT molecular complexity index is 397. The summed E-state index contributed by atoms with van der Waals surface area (Å²) >= 11 is 0. The minimum absolute atomic E-state index is 0.340. The number of anilines is 1. The quantitative estimate of drug-likeness (QED) is 0.701. The van der Waals surface area contributed by atoms with Crippen molar-refractivity contribution in [1.82, 2.24) is 0 Å². The summed E-state index contributed by atoms with van der Waals surface area (Å²) in [6.45, 7) is 5.65. The lowest BCUT2D eigenvalue weighted by Gasteiger charge is -2.36. The lowest BCUT2D eigenvalue weighted by molar-refractivity contribution is -0.954. The number of likely N-dealkylation sites (tertiary alicyclic amines) is 1. The van der Waals surface area contributed by atoms with Crippen molar-refractivity contribution in [2.45, 2.75) is 51.3 Å². The van der Waals surface area contributed by atoms with Gasteiger partial charge in [-0.1, -0.05) is 0 Å². The molecule has 0 bridgehead atoms. The molecule has 1 fully saturated rings. The van der Waals surface area contributed by atoms with Crippen molar-refractivity contribution in [2.24, 2.45) is 0 Å². The van der Waals surface area contributed by atoms with Gasteiger partial charge in [-0.2, -0.15) is 0 Å². The average Bonchev–Trinajstić information content (AvgIpc) is 2.42. The third-order valence-corrected chi connectivity index (χ3v) is 4.33. The van der Waals surface area contributed by atoms with Gasteiger partial charge in [0.25, 0.3) is 0 Å². The molecule has 4 nitrogen and oxygen atoms in total. The van der Waals surface area contributed by atoms with Gasteiger partial charge in [0, 0.05) is 5.69 Å². The van der Waals surface area contributed by atoms with Crippen LogP contribution in [-0.2, 0) is 0 Å². The van der Waals surface area contributed by atoms with Crippen molar-refractivity contribution in [1.29, 1.82) is 0 Å². The summed E-state index contributed by atoms with van der Waals surface area (Å²) in [6.07, 6.45) is 3.39. The van der Waals surface area contributed by atoms with Gasteiger partial charge in [0.1, 0.15) is 25.0 Å². The molecule has 4 N–H and O–H groups in total. The highest BCUT2D eigenvalue weighted by Crippen LogP contribution is 2.13. The molecule has 1 aromatic rings. The number of piperidine rings is 1. The van der Waals surface area contributed by atoms with Crippen molar-refractivity contribution in [2.75, 3.05) is 18.9 Å². The Kier molecular flexibility index (Phi) is 5.26. The minimum atomic E-state index is -0.425. The molecule has 0 aromatic heterocycles. The average molecular weight is 279 g/mol. The predicted molar refractivity (Wildman–Crippen MR) is 81.0 cm³/mol. The van der Waals surface area contributed by atoms with Crippen LogP contribution in [0.3, 0.4) is 0 Å². The summed E-state index contributed by atoms with van der Waals surface area (Å²) in [4.78, 5) is 1.50. The Morgan fingerprint density at radius 1 is 1.25 bits per heavy atom. The van der Waals surface area contributed by atoms with Crippen LogP contribution in [0.15, 0.2) is 24.3 Å². The fourth-order valence-corrected chi connectivity index (χ4v) is 3.08. The van der Waals surface area contributed by atoms with Gasteiger partial charge in [0.05, 0.1) is 12.1 Å². The fourth-order valence-electron chi connectivity index (χ4n) is 3.08. The number of aliphatic hydroxyl groups is 1. The molecule has 112 valence electrons. The SMILES string of the molecule is CC1CCCC(C)[NH+]1CC(O)COc1ccc(N)cc1. The molecule has 0 amide bonds. The summed E-state index contributed by atoms with van der Waals surface area (Å²) in [7, 11) is 0. The molecule has 1 aliphatic rings. The number of nitrogen functional groups attached to an aromatic ring is 1. The lowest BCUT2D eigenvalue weighted by Crippen LogP contribution is -3.20. The van der Waals surface area contributed by atoms with Crippen molar-refractivity contribution in [3.8, 4) is 5.75 Å². The number of ether oxygens (including phenoxy) is 1. The Balaban J connectivity index is 1.79. The van der Waals surface area contributed by atoms with Crippen LogP contribution < -0.4 is 15.4 Å². The molecule has 0 saturated carbocycles. The van der Waals surface area contributed by atoms with Crippen LogP contribution >= 0.6 is 0 Å². The van der Waals surface area contributed by atoms with E-state index in [9.17, 15) is 5.11 Å². The minimum Gasteiger partial charge on any atom is -0.491 e. The lowest BCUT2D eigenvalue weighted by atomic mass is 9.97. The molecule has 0 radical (unpaired) electrons. The second-order valence-corrected chi connectivity index (χ2v) is 6.05. The van der Waals surface area contributed by atoms with Crippen LogP contribution in [0.4, 0.5) is 5.69 Å². The number of hydrogen-bond acceptors (Lipinski definition) is 3. The molecule has 1 heterocycles. The molecule has 0 spiro atoms. The maximum Gasteiger partial charge on any atom is 0.137 e. The first-order valence-electron chi connectivity index (χ1n) is 7.58. The predicted octanol–water partition coefficient (Wildman–Crippen LogP) is 0.854. The highest BCUT2D eigenvalue weighted by atomic mass is 16.5. The summed E-state index contributed by atoms with van der Waals surface area (Å²) in [6, 6.07) is 8.54. The first kappa shape index (κ1) is 15.1. The molecular formula is C16H27N2O2+. The first-order valence-corrected chi connectivity index (χ1v) is 7.58. The fraction of sp³-hybridized carbons (Fsp3) is 0.625. The third-order valence-electron chi connectivity index (χ3n) is 4.33. The highest BCUT2D eigenvalue weighted by Gasteiger charge is 2.30. The Hall–Kier alpha value is -1.26. The van der Waals surface area contributed by atoms with E-state index in [0.29, 0.717) is 18.7 Å². The molecule has 3 atom stereocenters. The van der Waals surface area contributed by atoms with Crippen LogP contribution in [0.1, 0.15) is 33.1 Å². The smallest absolute Gasteiger partial charge is 0.137 e. The zero-order valence-electron chi connectivity index (χ0n) is 12.5. The van der Waals surface area contributed by atoms with Gasteiger partial charge >= 0.3 is 0 Å². The van der Waals surface area contributed by atoms with E-state index in [1.807, 2.05) is 24.3 Å². The summed E-state index contributed by atoms with van der Waals surface area (Å²) < 4.78 is 5.62. The largest absolute Gasteiger partial charge is 0.491 e. The van der Waals surface area contributed by atoms with Crippen molar-refractivity contribution in [3.05, 3.63) is 24.3 Å². The van der Waals surface area contributed by atoms with E-state index in [1.165, 1.54) is 24.2 Å². The van der Waals surface area contributed by atoms with E-state index in [2.05, 4.69) is 13.8 Å². The zero-order chi connectivity index (χ0) is 14.5. The molecule has 1 aromatic carbocycles. The number of nitrogens with two attached hydrogens (primary N) is 1. The first-order chi connectivity index (χ1) is 9.56. The van der Waals surface area contributed by atoms with E-state index in [1.54, 1.807) is 0 Å². The van der Waals surface area contributed by atoms with Crippen LogP contribution in [0.5, 0.6) is 5.75 Å². The Morgan fingerprint density at radius 2 is 1.85 bits per heavy atom. The van der Waals surface area contributed by atoms with Crippen LogP contribution in [0.2, 0.25) is 0 Å².